The molecule has 6 heteroatoms. The molecule has 2 atom stereocenters. The molecule has 1 saturated carbocycles. The number of hydrogen-bond acceptors (Lipinski definition) is 3. The maximum atomic E-state index is 5.89. The highest BCUT2D eigenvalue weighted by atomic mass is 32.1. The minimum atomic E-state index is 0.00877. The topological polar surface area (TPSA) is 42.3 Å². The van der Waals surface area contributed by atoms with Crippen molar-refractivity contribution < 1.29 is 4.74 Å². The summed E-state index contributed by atoms with van der Waals surface area (Å²) in [6.45, 7) is 5.26. The summed E-state index contributed by atoms with van der Waals surface area (Å²) < 4.78 is 7.92. The zero-order valence-electron chi connectivity index (χ0n) is 19.6. The Balaban J connectivity index is 1.55. The summed E-state index contributed by atoms with van der Waals surface area (Å²) in [5.41, 5.74) is 6.27. The van der Waals surface area contributed by atoms with E-state index >= 15 is 0 Å². The van der Waals surface area contributed by atoms with Gasteiger partial charge in [0, 0.05) is 30.2 Å². The van der Waals surface area contributed by atoms with Gasteiger partial charge in [-0.05, 0) is 80.4 Å². The predicted molar refractivity (Wildman–Crippen MR) is 135 cm³/mol. The second kappa shape index (κ2) is 9.18. The van der Waals surface area contributed by atoms with Crippen LogP contribution in [0.25, 0.3) is 0 Å². The largest absolute Gasteiger partial charge is 0.497 e. The van der Waals surface area contributed by atoms with Gasteiger partial charge in [-0.1, -0.05) is 31.0 Å². The minimum Gasteiger partial charge on any atom is -0.497 e. The van der Waals surface area contributed by atoms with Gasteiger partial charge in [-0.25, -0.2) is 0 Å². The number of hydrogen-bond donors (Lipinski definition) is 1. The monoisotopic (exact) mass is 460 g/mol. The molecule has 1 aliphatic carbocycles. The summed E-state index contributed by atoms with van der Waals surface area (Å²) in [6, 6.07) is 17.5. The lowest BCUT2D eigenvalue weighted by atomic mass is 9.96. The van der Waals surface area contributed by atoms with E-state index in [0.717, 1.165) is 23.1 Å². The number of thiocarbonyl (C=S) groups is 1. The molecule has 5 rings (SSSR count). The van der Waals surface area contributed by atoms with Gasteiger partial charge in [-0.3, -0.25) is 4.98 Å². The van der Waals surface area contributed by atoms with E-state index in [1.807, 2.05) is 24.4 Å². The van der Waals surface area contributed by atoms with Crippen LogP contribution in [0.3, 0.4) is 0 Å². The zero-order valence-corrected chi connectivity index (χ0v) is 20.4. The summed E-state index contributed by atoms with van der Waals surface area (Å²) >= 11 is 5.89. The van der Waals surface area contributed by atoms with Gasteiger partial charge in [0.2, 0.25) is 0 Å². The van der Waals surface area contributed by atoms with Gasteiger partial charge in [0.1, 0.15) is 5.75 Å². The SMILES string of the molecule is COc1ccc(CN2C(=S)N[C@H](c3ccccn3)[C@@H]2c2cc(C)n(C3CCCC3)c2C)cc1. The van der Waals surface area contributed by atoms with Gasteiger partial charge in [-0.2, -0.15) is 0 Å². The van der Waals surface area contributed by atoms with Crippen LogP contribution in [0.2, 0.25) is 0 Å². The van der Waals surface area contributed by atoms with Gasteiger partial charge >= 0.3 is 0 Å². The maximum absolute atomic E-state index is 5.89. The van der Waals surface area contributed by atoms with E-state index < -0.39 is 0 Å². The number of aryl methyl sites for hydroxylation is 1. The lowest BCUT2D eigenvalue weighted by molar-refractivity contribution is 0.309. The Hall–Kier alpha value is -2.86. The molecule has 2 aromatic heterocycles. The predicted octanol–water partition coefficient (Wildman–Crippen LogP) is 5.80. The lowest BCUT2D eigenvalue weighted by Gasteiger charge is -2.28. The summed E-state index contributed by atoms with van der Waals surface area (Å²) in [5.74, 6) is 0.865. The highest BCUT2D eigenvalue weighted by Gasteiger charge is 2.41. The average Bonchev–Trinajstić information content (AvgIpc) is 3.54. The molecule has 0 amide bonds. The van der Waals surface area contributed by atoms with Gasteiger partial charge in [-0.15, -0.1) is 0 Å². The van der Waals surface area contributed by atoms with Gasteiger partial charge in [0.25, 0.3) is 0 Å². The number of benzene rings is 1. The fraction of sp³-hybridized carbons (Fsp3) is 0.407. The number of rotatable bonds is 6. The Kier molecular flexibility index (Phi) is 6.11. The van der Waals surface area contributed by atoms with Crippen molar-refractivity contribution in [2.75, 3.05) is 7.11 Å². The second-order valence-corrected chi connectivity index (χ2v) is 9.62. The normalized spacial score (nSPS) is 20.9. The molecule has 0 radical (unpaired) electrons. The summed E-state index contributed by atoms with van der Waals surface area (Å²) in [6.07, 6.45) is 7.07. The van der Waals surface area contributed by atoms with E-state index in [1.54, 1.807) is 7.11 Å². The van der Waals surface area contributed by atoms with E-state index in [4.69, 9.17) is 21.9 Å². The molecule has 1 aliphatic heterocycles. The van der Waals surface area contributed by atoms with Gasteiger partial charge < -0.3 is 19.5 Å². The number of pyridine rings is 1. The van der Waals surface area contributed by atoms with Crippen molar-refractivity contribution in [3.63, 3.8) is 0 Å². The van der Waals surface area contributed by atoms with Gasteiger partial charge in [0.05, 0.1) is 24.9 Å². The third-order valence-electron chi connectivity index (χ3n) is 7.24. The smallest absolute Gasteiger partial charge is 0.170 e. The fourth-order valence-electron chi connectivity index (χ4n) is 5.67. The Bertz CT molecular complexity index is 1120. The average molecular weight is 461 g/mol. The van der Waals surface area contributed by atoms with Crippen LogP contribution in [0.5, 0.6) is 5.75 Å². The minimum absolute atomic E-state index is 0.00877. The molecule has 3 heterocycles. The molecule has 5 nitrogen and oxygen atoms in total. The van der Waals surface area contributed by atoms with Crippen molar-refractivity contribution in [3.8, 4) is 5.75 Å². The van der Waals surface area contributed by atoms with E-state index in [9.17, 15) is 0 Å². The second-order valence-electron chi connectivity index (χ2n) is 9.24. The van der Waals surface area contributed by atoms with Crippen LogP contribution >= 0.6 is 12.2 Å². The molecule has 2 fully saturated rings. The molecule has 0 spiro atoms. The summed E-state index contributed by atoms with van der Waals surface area (Å²) in [4.78, 5) is 7.03. The molecule has 33 heavy (non-hydrogen) atoms. The van der Waals surface area contributed by atoms with Crippen molar-refractivity contribution in [2.45, 2.75) is 64.2 Å². The van der Waals surface area contributed by atoms with E-state index in [0.29, 0.717) is 6.04 Å². The number of nitrogens with one attached hydrogen (secondary N) is 1. The maximum Gasteiger partial charge on any atom is 0.170 e. The summed E-state index contributed by atoms with van der Waals surface area (Å²) in [7, 11) is 1.70. The van der Waals surface area contributed by atoms with E-state index in [1.165, 1.54) is 48.2 Å². The Labute approximate surface area is 201 Å². The molecular formula is C27H32N4OS. The van der Waals surface area contributed by atoms with Crippen LogP contribution in [0.4, 0.5) is 0 Å². The highest BCUT2D eigenvalue weighted by Crippen LogP contribution is 2.43. The quantitative estimate of drug-likeness (QED) is 0.471. The molecule has 3 aromatic rings. The van der Waals surface area contributed by atoms with Crippen LogP contribution in [-0.2, 0) is 6.54 Å². The van der Waals surface area contributed by atoms with Crippen LogP contribution in [0.1, 0.15) is 72.0 Å². The first-order valence-electron chi connectivity index (χ1n) is 11.9. The first kappa shape index (κ1) is 22.0. The lowest BCUT2D eigenvalue weighted by Crippen LogP contribution is -2.29. The zero-order chi connectivity index (χ0) is 22.9. The third kappa shape index (κ3) is 4.12. The van der Waals surface area contributed by atoms with Crippen LogP contribution in [-0.4, -0.2) is 26.7 Å². The Morgan fingerprint density at radius 2 is 1.85 bits per heavy atom. The van der Waals surface area contributed by atoms with Crippen molar-refractivity contribution in [1.82, 2.24) is 19.8 Å². The molecule has 1 saturated heterocycles. The molecule has 0 bridgehead atoms. The fourth-order valence-corrected chi connectivity index (χ4v) is 5.97. The third-order valence-corrected chi connectivity index (χ3v) is 7.59. The first-order valence-corrected chi connectivity index (χ1v) is 12.3. The molecule has 172 valence electrons. The van der Waals surface area contributed by atoms with Gasteiger partial charge in [0.15, 0.2) is 5.11 Å². The van der Waals surface area contributed by atoms with Crippen molar-refractivity contribution in [1.29, 1.82) is 0 Å². The molecule has 1 N–H and O–H groups in total. The van der Waals surface area contributed by atoms with Crippen LogP contribution in [0, 0.1) is 13.8 Å². The highest BCUT2D eigenvalue weighted by molar-refractivity contribution is 7.80. The number of methoxy groups -OCH3 is 1. The van der Waals surface area contributed by atoms with Crippen molar-refractivity contribution >= 4 is 17.3 Å². The van der Waals surface area contributed by atoms with Crippen LogP contribution < -0.4 is 10.1 Å². The Morgan fingerprint density at radius 1 is 1.09 bits per heavy atom. The van der Waals surface area contributed by atoms with Crippen LogP contribution in [0.15, 0.2) is 54.7 Å². The van der Waals surface area contributed by atoms with E-state index in [-0.39, 0.29) is 12.1 Å². The van der Waals surface area contributed by atoms with Crippen molar-refractivity contribution in [2.24, 2.45) is 0 Å². The number of aromatic nitrogens is 2. The Morgan fingerprint density at radius 3 is 2.52 bits per heavy atom. The summed E-state index contributed by atoms with van der Waals surface area (Å²) in [5, 5.41) is 4.37. The molecule has 1 aromatic carbocycles. The number of ether oxygens (including phenoxy) is 1. The molecular weight excluding hydrogens is 428 g/mol. The number of nitrogens with zero attached hydrogens (tertiary/aromatic N) is 3. The first-order chi connectivity index (χ1) is 16.1. The standard InChI is InChI=1S/C27H32N4OS/c1-18-16-23(19(2)31(18)21-8-4-5-9-21)26-25(24-10-6-7-15-28-24)29-27(33)30(26)17-20-11-13-22(32-3)14-12-20/h6-7,10-16,21,25-26H,4-5,8-9,17H2,1-3H3,(H,29,33)/t25-,26+/m1/s1. The van der Waals surface area contributed by atoms with Crippen molar-refractivity contribution in [3.05, 3.63) is 82.9 Å². The molecule has 2 aliphatic rings. The molecule has 0 unspecified atom stereocenters. The van der Waals surface area contributed by atoms with E-state index in [2.05, 4.69) is 59.0 Å².